The molecule has 94 valence electrons. The number of alkyl halides is 4. The molecule has 0 aliphatic heterocycles. The fraction of sp³-hybridized carbons (Fsp3) is 0.222. The molecular formula is C9H5Cl2F4NO. The number of nitrogens with one attached hydrogen (secondary N) is 1. The molecule has 0 spiro atoms. The lowest BCUT2D eigenvalue weighted by Crippen LogP contribution is -2.36. The highest BCUT2D eigenvalue weighted by Gasteiger charge is 2.45. The molecule has 17 heavy (non-hydrogen) atoms. The molecule has 0 aliphatic carbocycles. The van der Waals surface area contributed by atoms with Crippen LogP contribution in [0.1, 0.15) is 0 Å². The van der Waals surface area contributed by atoms with Crippen molar-refractivity contribution in [3.63, 3.8) is 0 Å². The first kappa shape index (κ1) is 14.1. The van der Waals surface area contributed by atoms with Gasteiger partial charge in [-0.1, -0.05) is 23.2 Å². The van der Waals surface area contributed by atoms with E-state index < -0.39 is 18.3 Å². The number of benzene rings is 1. The molecule has 1 rings (SSSR count). The minimum absolute atomic E-state index is 0.0443. The fourth-order valence-electron chi connectivity index (χ4n) is 0.938. The van der Waals surface area contributed by atoms with Crippen molar-refractivity contribution >= 4 is 34.8 Å². The van der Waals surface area contributed by atoms with Gasteiger partial charge < -0.3 is 5.32 Å². The number of hydrogen-bond donors (Lipinski definition) is 1. The highest BCUT2D eigenvalue weighted by Crippen LogP contribution is 2.28. The predicted molar refractivity (Wildman–Crippen MR) is 56.0 cm³/mol. The van der Waals surface area contributed by atoms with Crippen LogP contribution >= 0.6 is 23.2 Å². The second-order valence-electron chi connectivity index (χ2n) is 3.02. The molecule has 2 nitrogen and oxygen atoms in total. The van der Waals surface area contributed by atoms with Crippen LogP contribution < -0.4 is 5.32 Å². The van der Waals surface area contributed by atoms with Gasteiger partial charge in [-0.05, 0) is 18.2 Å². The number of rotatable bonds is 2. The van der Waals surface area contributed by atoms with Crippen LogP contribution in [0.25, 0.3) is 0 Å². The summed E-state index contributed by atoms with van der Waals surface area (Å²) in [6.07, 6.45) is -8.87. The van der Waals surface area contributed by atoms with E-state index in [1.807, 2.05) is 0 Å². The van der Waals surface area contributed by atoms with Gasteiger partial charge in [-0.3, -0.25) is 4.79 Å². The monoisotopic (exact) mass is 289 g/mol. The third kappa shape index (κ3) is 3.74. The van der Waals surface area contributed by atoms with Gasteiger partial charge in [0, 0.05) is 5.02 Å². The van der Waals surface area contributed by atoms with E-state index in [4.69, 9.17) is 23.2 Å². The van der Waals surface area contributed by atoms with Crippen LogP contribution in [0.2, 0.25) is 10.0 Å². The normalized spacial score (nSPS) is 13.3. The van der Waals surface area contributed by atoms with E-state index in [9.17, 15) is 22.4 Å². The molecule has 1 aromatic carbocycles. The van der Waals surface area contributed by atoms with Gasteiger partial charge in [-0.15, -0.1) is 0 Å². The van der Waals surface area contributed by atoms with Crippen LogP contribution in [0.3, 0.4) is 0 Å². The number of carbonyl (C=O) groups excluding carboxylic acids is 1. The summed E-state index contributed by atoms with van der Waals surface area (Å²) in [5.74, 6) is -1.85. The van der Waals surface area contributed by atoms with E-state index in [0.29, 0.717) is 0 Å². The molecule has 0 bridgehead atoms. The zero-order valence-corrected chi connectivity index (χ0v) is 9.50. The number of carbonyl (C=O) groups is 1. The number of halogens is 6. The summed E-state index contributed by atoms with van der Waals surface area (Å²) >= 11 is 11.1. The van der Waals surface area contributed by atoms with Gasteiger partial charge in [0.1, 0.15) is 0 Å². The Labute approximate surface area is 104 Å². The Morgan fingerprint density at radius 2 is 1.88 bits per heavy atom. The molecule has 0 saturated heterocycles. The van der Waals surface area contributed by atoms with E-state index in [-0.39, 0.29) is 15.7 Å². The second kappa shape index (κ2) is 5.10. The topological polar surface area (TPSA) is 29.1 Å². The molecule has 0 aromatic heterocycles. The summed E-state index contributed by atoms with van der Waals surface area (Å²) in [7, 11) is 0. The van der Waals surface area contributed by atoms with Gasteiger partial charge in [0.05, 0.1) is 10.7 Å². The van der Waals surface area contributed by atoms with Crippen LogP contribution in [0.4, 0.5) is 23.2 Å². The molecule has 8 heteroatoms. The van der Waals surface area contributed by atoms with Gasteiger partial charge in [-0.25, -0.2) is 4.39 Å². The van der Waals surface area contributed by atoms with Crippen LogP contribution in [0.15, 0.2) is 18.2 Å². The van der Waals surface area contributed by atoms with E-state index in [1.54, 1.807) is 5.32 Å². The summed E-state index contributed by atoms with van der Waals surface area (Å²) in [5.41, 5.74) is -0.184. The van der Waals surface area contributed by atoms with E-state index in [0.717, 1.165) is 6.07 Å². The van der Waals surface area contributed by atoms with Gasteiger partial charge in [0.15, 0.2) is 0 Å². The Morgan fingerprint density at radius 1 is 1.29 bits per heavy atom. The molecule has 0 heterocycles. The lowest BCUT2D eigenvalue weighted by atomic mass is 10.3. The quantitative estimate of drug-likeness (QED) is 0.824. The zero-order chi connectivity index (χ0) is 13.2. The Morgan fingerprint density at radius 3 is 2.41 bits per heavy atom. The minimum Gasteiger partial charge on any atom is -0.322 e. The first-order valence-electron chi connectivity index (χ1n) is 4.18. The maximum atomic E-state index is 12.6. The summed E-state index contributed by atoms with van der Waals surface area (Å²) in [6, 6.07) is 3.75. The van der Waals surface area contributed by atoms with Gasteiger partial charge >= 0.3 is 6.18 Å². The lowest BCUT2D eigenvalue weighted by Gasteiger charge is -2.13. The Hall–Kier alpha value is -1.01. The number of amides is 1. The molecule has 0 saturated carbocycles. The summed E-state index contributed by atoms with van der Waals surface area (Å²) in [4.78, 5) is 10.9. The molecular weight excluding hydrogens is 285 g/mol. The summed E-state index contributed by atoms with van der Waals surface area (Å²) < 4.78 is 48.3. The van der Waals surface area contributed by atoms with Crippen LogP contribution in [0.5, 0.6) is 0 Å². The molecule has 0 aliphatic rings. The van der Waals surface area contributed by atoms with Gasteiger partial charge in [0.25, 0.3) is 12.1 Å². The average Bonchev–Trinajstić information content (AvgIpc) is 2.21. The molecule has 0 radical (unpaired) electrons. The van der Waals surface area contributed by atoms with Crippen molar-refractivity contribution in [2.24, 2.45) is 0 Å². The van der Waals surface area contributed by atoms with Crippen LogP contribution in [-0.2, 0) is 4.79 Å². The highest BCUT2D eigenvalue weighted by atomic mass is 35.5. The van der Waals surface area contributed by atoms with E-state index in [1.165, 1.54) is 12.1 Å². The first-order chi connectivity index (χ1) is 7.71. The molecule has 1 atom stereocenters. The second-order valence-corrected chi connectivity index (χ2v) is 3.86. The van der Waals surface area contributed by atoms with Crippen molar-refractivity contribution < 1.29 is 22.4 Å². The third-order valence-corrected chi connectivity index (χ3v) is 2.27. The summed E-state index contributed by atoms with van der Waals surface area (Å²) in [6.45, 7) is 0. The fourth-order valence-corrected chi connectivity index (χ4v) is 1.27. The number of anilines is 1. The minimum atomic E-state index is -5.25. The maximum Gasteiger partial charge on any atom is 0.428 e. The zero-order valence-electron chi connectivity index (χ0n) is 7.99. The third-order valence-electron chi connectivity index (χ3n) is 1.70. The van der Waals surface area contributed by atoms with Gasteiger partial charge in [0.2, 0.25) is 0 Å². The van der Waals surface area contributed by atoms with E-state index >= 15 is 0 Å². The van der Waals surface area contributed by atoms with Crippen LogP contribution in [-0.4, -0.2) is 18.3 Å². The Bertz CT molecular complexity index is 435. The first-order valence-corrected chi connectivity index (χ1v) is 4.94. The molecule has 0 fully saturated rings. The number of hydrogen-bond acceptors (Lipinski definition) is 1. The maximum absolute atomic E-state index is 12.6. The molecule has 1 aromatic rings. The van der Waals surface area contributed by atoms with E-state index in [2.05, 4.69) is 0 Å². The highest BCUT2D eigenvalue weighted by molar-refractivity contribution is 6.35. The smallest absolute Gasteiger partial charge is 0.322 e. The van der Waals surface area contributed by atoms with Crippen molar-refractivity contribution in [1.29, 1.82) is 0 Å². The van der Waals surface area contributed by atoms with Crippen molar-refractivity contribution in [3.05, 3.63) is 28.2 Å². The Kier molecular flexibility index (Phi) is 4.21. The summed E-state index contributed by atoms with van der Waals surface area (Å²) in [5, 5.41) is 1.81. The molecule has 1 N–H and O–H groups in total. The van der Waals surface area contributed by atoms with Crippen molar-refractivity contribution in [1.82, 2.24) is 0 Å². The SMILES string of the molecule is O=C(Nc1cc(Cl)ccc1Cl)[C@H](F)C(F)(F)F. The standard InChI is InChI=1S/C9H5Cl2F4NO/c10-4-1-2-5(11)6(3-4)16-8(17)7(12)9(13,14)15/h1-3,7H,(H,16,17)/t7-/m0/s1. The molecule has 1 amide bonds. The van der Waals surface area contributed by atoms with Crippen molar-refractivity contribution in [2.75, 3.05) is 5.32 Å². The van der Waals surface area contributed by atoms with Crippen molar-refractivity contribution in [2.45, 2.75) is 12.3 Å². The average molecular weight is 290 g/mol. The van der Waals surface area contributed by atoms with Gasteiger partial charge in [-0.2, -0.15) is 13.2 Å². The largest absolute Gasteiger partial charge is 0.428 e. The lowest BCUT2D eigenvalue weighted by molar-refractivity contribution is -0.183. The van der Waals surface area contributed by atoms with Crippen molar-refractivity contribution in [3.8, 4) is 0 Å². The molecule has 0 unspecified atom stereocenters. The Balaban J connectivity index is 2.85. The van der Waals surface area contributed by atoms with Crippen LogP contribution in [0, 0.1) is 0 Å². The predicted octanol–water partition coefficient (Wildman–Crippen LogP) is 3.83.